The van der Waals surface area contributed by atoms with Crippen molar-refractivity contribution in [1.29, 1.82) is 0 Å². The van der Waals surface area contributed by atoms with E-state index in [4.69, 9.17) is 0 Å². The van der Waals surface area contributed by atoms with Gasteiger partial charge in [-0.05, 0) is 17.2 Å². The molecule has 0 radical (unpaired) electrons. The van der Waals surface area contributed by atoms with Crippen molar-refractivity contribution in [2.24, 2.45) is 5.92 Å². The topological polar surface area (TPSA) is 50.2 Å². The summed E-state index contributed by atoms with van der Waals surface area (Å²) in [5, 5.41) is 10.2. The summed E-state index contributed by atoms with van der Waals surface area (Å²) in [6.45, 7) is 4.35. The number of carboxylic acid groups (broad SMARTS) is 1. The highest BCUT2D eigenvalue weighted by molar-refractivity contribution is 7.98. The molecular formula is C15H17NO2S2. The van der Waals surface area contributed by atoms with Gasteiger partial charge in [0.15, 0.2) is 5.69 Å². The van der Waals surface area contributed by atoms with E-state index in [2.05, 4.69) is 18.8 Å². The van der Waals surface area contributed by atoms with Gasteiger partial charge in [-0.25, -0.2) is 9.78 Å². The standard InChI is InChI=1S/C15H17NO2S2/c1-10(2)8-19-9-12-16-13(15(17)18)14(20-12)11-6-4-3-5-7-11/h3-7,10H,8-9H2,1-2H3,(H,17,18). The molecule has 1 N–H and O–H groups in total. The molecule has 20 heavy (non-hydrogen) atoms. The van der Waals surface area contributed by atoms with Gasteiger partial charge < -0.3 is 5.11 Å². The minimum Gasteiger partial charge on any atom is -0.476 e. The highest BCUT2D eigenvalue weighted by Crippen LogP contribution is 2.32. The molecular weight excluding hydrogens is 290 g/mol. The van der Waals surface area contributed by atoms with Gasteiger partial charge in [-0.2, -0.15) is 11.8 Å². The highest BCUT2D eigenvalue weighted by atomic mass is 32.2. The Morgan fingerprint density at radius 2 is 2.05 bits per heavy atom. The number of hydrogen-bond donors (Lipinski definition) is 1. The maximum atomic E-state index is 11.3. The molecule has 2 aromatic rings. The number of thioether (sulfide) groups is 1. The first-order valence-corrected chi connectivity index (χ1v) is 8.41. The van der Waals surface area contributed by atoms with Gasteiger partial charge in [-0.3, -0.25) is 0 Å². The largest absolute Gasteiger partial charge is 0.476 e. The second-order valence-corrected chi connectivity index (χ2v) is 6.98. The fraction of sp³-hybridized carbons (Fsp3) is 0.333. The second kappa shape index (κ2) is 6.90. The molecule has 106 valence electrons. The highest BCUT2D eigenvalue weighted by Gasteiger charge is 2.18. The molecule has 0 fully saturated rings. The Kier molecular flexibility index (Phi) is 5.20. The third-order valence-corrected chi connectivity index (χ3v) is 5.25. The molecule has 5 heteroatoms. The van der Waals surface area contributed by atoms with Gasteiger partial charge in [-0.1, -0.05) is 44.2 Å². The van der Waals surface area contributed by atoms with Crippen molar-refractivity contribution in [3.05, 3.63) is 41.0 Å². The van der Waals surface area contributed by atoms with E-state index in [9.17, 15) is 9.90 Å². The monoisotopic (exact) mass is 307 g/mol. The van der Waals surface area contributed by atoms with Gasteiger partial charge in [0, 0.05) is 5.75 Å². The van der Waals surface area contributed by atoms with E-state index in [-0.39, 0.29) is 5.69 Å². The van der Waals surface area contributed by atoms with E-state index >= 15 is 0 Å². The number of aromatic carboxylic acids is 1. The number of hydrogen-bond acceptors (Lipinski definition) is 4. The third-order valence-electron chi connectivity index (χ3n) is 2.59. The lowest BCUT2D eigenvalue weighted by molar-refractivity contribution is 0.0692. The molecule has 0 amide bonds. The van der Waals surface area contributed by atoms with Gasteiger partial charge in [0.25, 0.3) is 0 Å². The van der Waals surface area contributed by atoms with Crippen molar-refractivity contribution >= 4 is 29.1 Å². The molecule has 0 atom stereocenters. The summed E-state index contributed by atoms with van der Waals surface area (Å²) in [6, 6.07) is 9.59. The number of carboxylic acids is 1. The van der Waals surface area contributed by atoms with E-state index in [0.29, 0.717) is 5.92 Å². The van der Waals surface area contributed by atoms with Crippen LogP contribution < -0.4 is 0 Å². The summed E-state index contributed by atoms with van der Waals surface area (Å²) < 4.78 is 0. The van der Waals surface area contributed by atoms with Crippen LogP contribution in [0.5, 0.6) is 0 Å². The van der Waals surface area contributed by atoms with E-state index < -0.39 is 5.97 Å². The lowest BCUT2D eigenvalue weighted by Gasteiger charge is -2.01. The summed E-state index contributed by atoms with van der Waals surface area (Å²) in [6.07, 6.45) is 0. The summed E-state index contributed by atoms with van der Waals surface area (Å²) in [5.41, 5.74) is 1.09. The Morgan fingerprint density at radius 1 is 1.35 bits per heavy atom. The van der Waals surface area contributed by atoms with Crippen molar-refractivity contribution in [3.63, 3.8) is 0 Å². The molecule has 3 nitrogen and oxygen atoms in total. The van der Waals surface area contributed by atoms with Crippen LogP contribution in [0, 0.1) is 5.92 Å². The predicted octanol–water partition coefficient (Wildman–Crippen LogP) is 4.40. The Morgan fingerprint density at radius 3 is 2.65 bits per heavy atom. The van der Waals surface area contributed by atoms with Crippen LogP contribution >= 0.6 is 23.1 Å². The van der Waals surface area contributed by atoms with Gasteiger partial charge in [-0.15, -0.1) is 11.3 Å². The molecule has 2 rings (SSSR count). The maximum absolute atomic E-state index is 11.3. The molecule has 1 aromatic heterocycles. The molecule has 0 aliphatic carbocycles. The zero-order valence-corrected chi connectivity index (χ0v) is 13.1. The van der Waals surface area contributed by atoms with Crippen LogP contribution in [0.25, 0.3) is 10.4 Å². The Balaban J connectivity index is 2.23. The second-order valence-electron chi connectivity index (χ2n) is 4.87. The van der Waals surface area contributed by atoms with Crippen LogP contribution in [0.3, 0.4) is 0 Å². The van der Waals surface area contributed by atoms with Crippen molar-refractivity contribution in [2.75, 3.05) is 5.75 Å². The van der Waals surface area contributed by atoms with Gasteiger partial charge >= 0.3 is 5.97 Å². The van der Waals surface area contributed by atoms with Crippen molar-refractivity contribution in [3.8, 4) is 10.4 Å². The van der Waals surface area contributed by atoms with Gasteiger partial charge in [0.1, 0.15) is 5.01 Å². The first kappa shape index (κ1) is 15.1. The normalized spacial score (nSPS) is 10.9. The van der Waals surface area contributed by atoms with Crippen molar-refractivity contribution in [2.45, 2.75) is 19.6 Å². The molecule has 0 aliphatic heterocycles. The smallest absolute Gasteiger partial charge is 0.356 e. The lowest BCUT2D eigenvalue weighted by Crippen LogP contribution is -1.99. The van der Waals surface area contributed by atoms with Crippen molar-refractivity contribution < 1.29 is 9.90 Å². The van der Waals surface area contributed by atoms with Crippen LogP contribution in [-0.2, 0) is 5.75 Å². The van der Waals surface area contributed by atoms with Gasteiger partial charge in [0.05, 0.1) is 4.88 Å². The predicted molar refractivity (Wildman–Crippen MR) is 85.5 cm³/mol. The van der Waals surface area contributed by atoms with Gasteiger partial charge in [0.2, 0.25) is 0 Å². The Hall–Kier alpha value is -1.33. The molecule has 0 aliphatic rings. The van der Waals surface area contributed by atoms with E-state index in [1.54, 1.807) is 11.8 Å². The third kappa shape index (κ3) is 3.84. The van der Waals surface area contributed by atoms with Crippen LogP contribution in [0.15, 0.2) is 30.3 Å². The zero-order valence-electron chi connectivity index (χ0n) is 11.5. The van der Waals surface area contributed by atoms with Crippen LogP contribution in [0.2, 0.25) is 0 Å². The van der Waals surface area contributed by atoms with Crippen LogP contribution in [0.4, 0.5) is 0 Å². The average molecular weight is 307 g/mol. The number of nitrogens with zero attached hydrogens (tertiary/aromatic N) is 1. The maximum Gasteiger partial charge on any atom is 0.356 e. The number of carbonyl (C=O) groups is 1. The summed E-state index contributed by atoms with van der Waals surface area (Å²) >= 11 is 3.28. The number of rotatable bonds is 6. The lowest BCUT2D eigenvalue weighted by atomic mass is 10.1. The first-order chi connectivity index (χ1) is 9.58. The zero-order chi connectivity index (χ0) is 14.5. The van der Waals surface area contributed by atoms with Crippen LogP contribution in [0.1, 0.15) is 29.3 Å². The van der Waals surface area contributed by atoms with Crippen molar-refractivity contribution in [1.82, 2.24) is 4.98 Å². The molecule has 0 bridgehead atoms. The Bertz CT molecular complexity index is 579. The molecule has 0 spiro atoms. The summed E-state index contributed by atoms with van der Waals surface area (Å²) in [5.74, 6) is 1.51. The minimum atomic E-state index is -0.958. The summed E-state index contributed by atoms with van der Waals surface area (Å²) in [4.78, 5) is 16.4. The van der Waals surface area contributed by atoms with E-state index in [1.807, 2.05) is 30.3 Å². The molecule has 0 unspecified atom stereocenters. The molecule has 1 aromatic carbocycles. The molecule has 0 saturated heterocycles. The van der Waals surface area contributed by atoms with E-state index in [1.165, 1.54) is 11.3 Å². The number of benzene rings is 1. The Labute approximate surface area is 127 Å². The SMILES string of the molecule is CC(C)CSCc1nc(C(=O)O)c(-c2ccccc2)s1. The quantitative estimate of drug-likeness (QED) is 0.859. The van der Waals surface area contributed by atoms with Crippen LogP contribution in [-0.4, -0.2) is 21.8 Å². The van der Waals surface area contributed by atoms with E-state index in [0.717, 1.165) is 27.0 Å². The first-order valence-electron chi connectivity index (χ1n) is 6.44. The number of thiazole rings is 1. The molecule has 0 saturated carbocycles. The average Bonchev–Trinajstić information content (AvgIpc) is 2.84. The summed E-state index contributed by atoms with van der Waals surface area (Å²) in [7, 11) is 0. The number of aromatic nitrogens is 1. The fourth-order valence-electron chi connectivity index (χ4n) is 1.74. The molecule has 1 heterocycles. The minimum absolute atomic E-state index is 0.168. The fourth-order valence-corrected chi connectivity index (χ4v) is 3.91.